The third kappa shape index (κ3) is 4.39. The van der Waals surface area contributed by atoms with E-state index in [1.54, 1.807) is 38.1 Å². The minimum atomic E-state index is -3.50. The molecule has 0 aliphatic carbocycles. The van der Waals surface area contributed by atoms with Gasteiger partial charge in [0, 0.05) is 25.2 Å². The summed E-state index contributed by atoms with van der Waals surface area (Å²) in [4.78, 5) is 12.4. The number of sulfonamides is 1. The monoisotopic (exact) mass is 377 g/mol. The Kier molecular flexibility index (Phi) is 6.33. The Morgan fingerprint density at radius 2 is 1.65 bits per heavy atom. The van der Waals surface area contributed by atoms with Crippen molar-refractivity contribution in [3.8, 4) is 0 Å². The van der Waals surface area contributed by atoms with Crippen molar-refractivity contribution in [2.24, 2.45) is 0 Å². The second-order valence-electron chi connectivity index (χ2n) is 5.80. The average Bonchev–Trinajstić information content (AvgIpc) is 2.63. The second-order valence-corrected chi connectivity index (χ2v) is 7.74. The number of carbonyl (C=O) groups is 1. The van der Waals surface area contributed by atoms with Crippen LogP contribution in [0.15, 0.2) is 53.7 Å². The van der Waals surface area contributed by atoms with Crippen LogP contribution in [0, 0.1) is 5.21 Å². The number of nitrogens with one attached hydrogen (secondary N) is 1. The van der Waals surface area contributed by atoms with Crippen molar-refractivity contribution in [1.29, 1.82) is 0 Å². The zero-order valence-corrected chi connectivity index (χ0v) is 15.9. The van der Waals surface area contributed by atoms with Crippen LogP contribution in [0.25, 0.3) is 0 Å². The summed E-state index contributed by atoms with van der Waals surface area (Å²) >= 11 is 0. The van der Waals surface area contributed by atoms with Crippen molar-refractivity contribution in [3.05, 3.63) is 65.1 Å². The molecule has 7 nitrogen and oxygen atoms in total. The van der Waals surface area contributed by atoms with Crippen molar-refractivity contribution in [2.45, 2.75) is 31.7 Å². The molecule has 0 fully saturated rings. The molecule has 1 unspecified atom stereocenters. The van der Waals surface area contributed by atoms with Gasteiger partial charge in [-0.3, -0.25) is 4.79 Å². The van der Waals surface area contributed by atoms with Gasteiger partial charge in [-0.05, 0) is 24.6 Å². The van der Waals surface area contributed by atoms with Crippen LogP contribution in [0.4, 0.5) is 0 Å². The van der Waals surface area contributed by atoms with Gasteiger partial charge in [-0.25, -0.2) is 8.42 Å². The molecule has 1 aromatic carbocycles. The lowest BCUT2D eigenvalue weighted by Gasteiger charge is -2.19. The highest BCUT2D eigenvalue weighted by Gasteiger charge is 2.21. The molecule has 1 heterocycles. The maximum atomic E-state index is 12.5. The van der Waals surface area contributed by atoms with Gasteiger partial charge in [0.1, 0.15) is 0 Å². The predicted octanol–water partition coefficient (Wildman–Crippen LogP) is 1.84. The lowest BCUT2D eigenvalue weighted by molar-refractivity contribution is -0.605. The van der Waals surface area contributed by atoms with Gasteiger partial charge in [0.25, 0.3) is 5.91 Å². The molecular weight excluding hydrogens is 354 g/mol. The summed E-state index contributed by atoms with van der Waals surface area (Å²) in [5.74, 6) is -0.307. The third-order valence-corrected chi connectivity index (χ3v) is 6.20. The van der Waals surface area contributed by atoms with E-state index >= 15 is 0 Å². The Labute approximate surface area is 153 Å². The zero-order chi connectivity index (χ0) is 19.3. The van der Waals surface area contributed by atoms with Gasteiger partial charge in [0.2, 0.25) is 10.0 Å². The van der Waals surface area contributed by atoms with E-state index in [0.717, 1.165) is 5.56 Å². The zero-order valence-electron chi connectivity index (χ0n) is 15.0. The first-order valence-electron chi connectivity index (χ1n) is 8.39. The first-order valence-corrected chi connectivity index (χ1v) is 9.83. The molecule has 1 atom stereocenters. The number of hydrogen-bond donors (Lipinski definition) is 1. The molecule has 2 rings (SSSR count). The highest BCUT2D eigenvalue weighted by Crippen LogP contribution is 2.19. The Morgan fingerprint density at radius 1 is 1.12 bits per heavy atom. The number of hydrogen-bond acceptors (Lipinski definition) is 4. The quantitative estimate of drug-likeness (QED) is 0.588. The van der Waals surface area contributed by atoms with Gasteiger partial charge in [-0.2, -0.15) is 9.04 Å². The van der Waals surface area contributed by atoms with Crippen LogP contribution in [-0.2, 0) is 10.0 Å². The standard InChI is InChI=1S/C18H23N3O4S/c1-4-21(5-2)26(24,25)17-8-6-15(7-9-17)14(3)19-18(22)16-10-12-20(23)13-11-16/h6-14H,4-5H2,1-3H3,(H,19,22). The fourth-order valence-corrected chi connectivity index (χ4v) is 4.03. The number of benzene rings is 1. The van der Waals surface area contributed by atoms with Crippen molar-refractivity contribution in [2.75, 3.05) is 13.1 Å². The topological polar surface area (TPSA) is 93.4 Å². The summed E-state index contributed by atoms with van der Waals surface area (Å²) in [6.45, 7) is 6.22. The van der Waals surface area contributed by atoms with E-state index in [-0.39, 0.29) is 16.8 Å². The number of nitrogens with zero attached hydrogens (tertiary/aromatic N) is 2. The summed E-state index contributed by atoms with van der Waals surface area (Å²) in [5, 5.41) is 13.8. The summed E-state index contributed by atoms with van der Waals surface area (Å²) in [7, 11) is -3.50. The Bertz CT molecular complexity index is 845. The molecular formula is C18H23N3O4S. The number of pyridine rings is 1. The molecule has 1 aromatic heterocycles. The summed E-state index contributed by atoms with van der Waals surface area (Å²) in [6, 6.07) is 9.05. The van der Waals surface area contributed by atoms with Gasteiger partial charge in [-0.15, -0.1) is 0 Å². The fourth-order valence-electron chi connectivity index (χ4n) is 2.57. The molecule has 1 N–H and O–H groups in total. The van der Waals surface area contributed by atoms with E-state index in [4.69, 9.17) is 0 Å². The molecule has 26 heavy (non-hydrogen) atoms. The second kappa shape index (κ2) is 8.29. The molecule has 8 heteroatoms. The molecule has 0 saturated heterocycles. The Morgan fingerprint density at radius 3 is 2.15 bits per heavy atom. The van der Waals surface area contributed by atoms with Crippen LogP contribution in [0.5, 0.6) is 0 Å². The number of amides is 1. The Hall–Kier alpha value is -2.45. The maximum Gasteiger partial charge on any atom is 0.252 e. The number of aromatic nitrogens is 1. The van der Waals surface area contributed by atoms with Gasteiger partial charge in [0.05, 0.1) is 16.5 Å². The molecule has 0 bridgehead atoms. The van der Waals surface area contributed by atoms with E-state index in [2.05, 4.69) is 5.32 Å². The molecule has 0 saturated carbocycles. The number of carbonyl (C=O) groups excluding carboxylic acids is 1. The predicted molar refractivity (Wildman–Crippen MR) is 97.8 cm³/mol. The van der Waals surface area contributed by atoms with Crippen LogP contribution in [-0.4, -0.2) is 31.7 Å². The Balaban J connectivity index is 2.12. The van der Waals surface area contributed by atoms with Gasteiger partial charge in [-0.1, -0.05) is 26.0 Å². The van der Waals surface area contributed by atoms with Crippen molar-refractivity contribution >= 4 is 15.9 Å². The normalized spacial score (nSPS) is 12.8. The SMILES string of the molecule is CCN(CC)S(=O)(=O)c1ccc(C(C)NC(=O)c2cc[n+]([O-])cc2)cc1. The molecule has 140 valence electrons. The molecule has 2 aromatic rings. The van der Waals surface area contributed by atoms with E-state index < -0.39 is 10.0 Å². The minimum Gasteiger partial charge on any atom is -0.619 e. The van der Waals surface area contributed by atoms with E-state index in [9.17, 15) is 18.4 Å². The lowest BCUT2D eigenvalue weighted by Crippen LogP contribution is -2.31. The molecule has 0 spiro atoms. The van der Waals surface area contributed by atoms with E-state index in [1.807, 2.05) is 6.92 Å². The molecule has 0 aliphatic rings. The molecule has 1 amide bonds. The van der Waals surface area contributed by atoms with Crippen LogP contribution < -0.4 is 10.0 Å². The van der Waals surface area contributed by atoms with Crippen molar-refractivity contribution in [3.63, 3.8) is 0 Å². The van der Waals surface area contributed by atoms with Crippen LogP contribution >= 0.6 is 0 Å². The third-order valence-electron chi connectivity index (χ3n) is 4.14. The first-order chi connectivity index (χ1) is 12.3. The molecule has 0 aliphatic heterocycles. The minimum absolute atomic E-state index is 0.228. The summed E-state index contributed by atoms with van der Waals surface area (Å²) in [5.41, 5.74) is 1.16. The maximum absolute atomic E-state index is 12.5. The fraction of sp³-hybridized carbons (Fsp3) is 0.333. The highest BCUT2D eigenvalue weighted by atomic mass is 32.2. The largest absolute Gasteiger partial charge is 0.619 e. The van der Waals surface area contributed by atoms with Gasteiger partial charge >= 0.3 is 0 Å². The van der Waals surface area contributed by atoms with Crippen LogP contribution in [0.2, 0.25) is 0 Å². The van der Waals surface area contributed by atoms with Crippen molar-refractivity contribution < 1.29 is 17.9 Å². The average molecular weight is 377 g/mol. The lowest BCUT2D eigenvalue weighted by atomic mass is 10.1. The van der Waals surface area contributed by atoms with Crippen LogP contribution in [0.1, 0.15) is 42.7 Å². The first kappa shape index (κ1) is 19.9. The van der Waals surface area contributed by atoms with E-state index in [1.165, 1.54) is 28.8 Å². The summed E-state index contributed by atoms with van der Waals surface area (Å²) in [6.07, 6.45) is 2.51. The summed E-state index contributed by atoms with van der Waals surface area (Å²) < 4.78 is 27.0. The number of rotatable bonds is 7. The van der Waals surface area contributed by atoms with Crippen molar-refractivity contribution in [1.82, 2.24) is 9.62 Å². The van der Waals surface area contributed by atoms with E-state index in [0.29, 0.717) is 23.4 Å². The van der Waals surface area contributed by atoms with Gasteiger partial charge < -0.3 is 10.5 Å². The highest BCUT2D eigenvalue weighted by molar-refractivity contribution is 7.89. The van der Waals surface area contributed by atoms with Crippen LogP contribution in [0.3, 0.4) is 0 Å². The smallest absolute Gasteiger partial charge is 0.252 e. The molecule has 0 radical (unpaired) electrons. The van der Waals surface area contributed by atoms with Gasteiger partial charge in [0.15, 0.2) is 12.4 Å².